The largest absolute Gasteiger partial charge is 0.372 e. The number of nitrogens with one attached hydrogen (secondary N) is 1. The molecule has 7 heteroatoms. The van der Waals surface area contributed by atoms with Crippen molar-refractivity contribution in [2.75, 3.05) is 23.3 Å². The molecule has 1 aliphatic heterocycles. The lowest BCUT2D eigenvalue weighted by Gasteiger charge is -2.37. The van der Waals surface area contributed by atoms with E-state index in [0.29, 0.717) is 37.1 Å². The van der Waals surface area contributed by atoms with Gasteiger partial charge in [-0.15, -0.1) is 0 Å². The summed E-state index contributed by atoms with van der Waals surface area (Å²) in [6.07, 6.45) is 0.559. The van der Waals surface area contributed by atoms with Crippen molar-refractivity contribution in [2.45, 2.75) is 32.6 Å². The lowest BCUT2D eigenvalue weighted by molar-refractivity contribution is -0.00543. The molecule has 1 fully saturated rings. The second kappa shape index (κ2) is 7.59. The molecule has 4 rings (SSSR count). The zero-order chi connectivity index (χ0) is 19.7. The van der Waals surface area contributed by atoms with E-state index in [1.807, 2.05) is 49.1 Å². The van der Waals surface area contributed by atoms with E-state index in [4.69, 9.17) is 9.26 Å². The van der Waals surface area contributed by atoms with Crippen LogP contribution in [-0.2, 0) is 11.3 Å². The average molecular weight is 383 g/mol. The molecule has 0 bridgehead atoms. The molecule has 0 unspecified atom stereocenters. The zero-order valence-electron chi connectivity index (χ0n) is 15.8. The highest BCUT2D eigenvalue weighted by Gasteiger charge is 2.29. The van der Waals surface area contributed by atoms with Crippen molar-refractivity contribution in [3.8, 4) is 0 Å². The number of aldehydes is 1. The number of nitrogens with zero attached hydrogens (tertiary/aromatic N) is 2. The van der Waals surface area contributed by atoms with Crippen LogP contribution in [0.15, 0.2) is 40.9 Å². The molecule has 1 aliphatic rings. The van der Waals surface area contributed by atoms with Crippen LogP contribution >= 0.6 is 0 Å². The van der Waals surface area contributed by atoms with Gasteiger partial charge in [0.15, 0.2) is 17.9 Å². The summed E-state index contributed by atoms with van der Waals surface area (Å²) in [5.74, 6) is -0.155. The minimum Gasteiger partial charge on any atom is -0.372 e. The minimum atomic E-state index is -0.568. The van der Waals surface area contributed by atoms with Gasteiger partial charge >= 0.3 is 0 Å². The second-order valence-corrected chi connectivity index (χ2v) is 7.16. The van der Waals surface area contributed by atoms with Crippen molar-refractivity contribution in [3.05, 3.63) is 53.3 Å². The summed E-state index contributed by atoms with van der Waals surface area (Å²) < 4.78 is 26.3. The summed E-state index contributed by atoms with van der Waals surface area (Å²) in [5.41, 5.74) is 1.62. The predicted molar refractivity (Wildman–Crippen MR) is 105 cm³/mol. The summed E-state index contributed by atoms with van der Waals surface area (Å²) in [7, 11) is 0. The monoisotopic (exact) mass is 383 g/mol. The fourth-order valence-corrected chi connectivity index (χ4v) is 3.73. The lowest BCUT2D eigenvalue weighted by Crippen LogP contribution is -2.46. The number of hydrogen-bond donors (Lipinski definition) is 1. The first-order chi connectivity index (χ1) is 13.6. The summed E-state index contributed by atoms with van der Waals surface area (Å²) in [6, 6.07) is 11.4. The van der Waals surface area contributed by atoms with Gasteiger partial charge in [-0.05, 0) is 25.5 Å². The average Bonchev–Trinajstić information content (AvgIpc) is 3.09. The van der Waals surface area contributed by atoms with Crippen LogP contribution in [-0.4, -0.2) is 36.7 Å². The topological polar surface area (TPSA) is 67.6 Å². The van der Waals surface area contributed by atoms with Crippen LogP contribution in [0, 0.1) is 5.82 Å². The number of aromatic nitrogens is 1. The van der Waals surface area contributed by atoms with Crippen LogP contribution in [0.2, 0.25) is 0 Å². The standard InChI is InChI=1S/C21H22FN3O3/c1-13-10-25(11-14(2)27-13)19-16(12-26)8-17-20(18(19)22)28-24-21(17)23-9-15-6-4-3-5-7-15/h3-8,12-14H,9-11H2,1-2H3,(H,23,24)/t13-,14+. The van der Waals surface area contributed by atoms with Crippen LogP contribution in [0.1, 0.15) is 29.8 Å². The molecule has 0 spiro atoms. The lowest BCUT2D eigenvalue weighted by atomic mass is 10.1. The van der Waals surface area contributed by atoms with Crippen molar-refractivity contribution in [1.82, 2.24) is 5.16 Å². The van der Waals surface area contributed by atoms with Gasteiger partial charge in [-0.25, -0.2) is 4.39 Å². The SMILES string of the molecule is C[C@@H]1CN(c2c(C=O)cc3c(NCc4ccccc4)noc3c2F)C[C@H](C)O1. The van der Waals surface area contributed by atoms with Crippen LogP contribution < -0.4 is 10.2 Å². The van der Waals surface area contributed by atoms with Crippen molar-refractivity contribution in [2.24, 2.45) is 0 Å². The van der Waals surface area contributed by atoms with E-state index >= 15 is 4.39 Å². The van der Waals surface area contributed by atoms with Crippen molar-refractivity contribution >= 4 is 28.8 Å². The Morgan fingerprint density at radius 3 is 2.64 bits per heavy atom. The Morgan fingerprint density at radius 2 is 1.96 bits per heavy atom. The van der Waals surface area contributed by atoms with Crippen molar-refractivity contribution in [3.63, 3.8) is 0 Å². The molecule has 1 aromatic heterocycles. The highest BCUT2D eigenvalue weighted by Crippen LogP contribution is 2.35. The Labute approximate surface area is 162 Å². The van der Waals surface area contributed by atoms with Crippen LogP contribution in [0.25, 0.3) is 11.0 Å². The second-order valence-electron chi connectivity index (χ2n) is 7.16. The summed E-state index contributed by atoms with van der Waals surface area (Å²) >= 11 is 0. The quantitative estimate of drug-likeness (QED) is 0.672. The smallest absolute Gasteiger partial charge is 0.206 e. The molecule has 3 aromatic rings. The fraction of sp³-hybridized carbons (Fsp3) is 0.333. The van der Waals surface area contributed by atoms with Gasteiger partial charge in [-0.2, -0.15) is 0 Å². The van der Waals surface area contributed by atoms with E-state index in [1.165, 1.54) is 0 Å². The Kier molecular flexibility index (Phi) is 5.00. The van der Waals surface area contributed by atoms with Gasteiger partial charge in [0.1, 0.15) is 0 Å². The Hall–Kier alpha value is -2.93. The number of morpholine rings is 1. The molecular formula is C21H22FN3O3. The van der Waals surface area contributed by atoms with Gasteiger partial charge in [0.2, 0.25) is 5.58 Å². The third-order valence-electron chi connectivity index (χ3n) is 4.87. The number of carbonyl (C=O) groups is 1. The molecule has 2 heterocycles. The summed E-state index contributed by atoms with van der Waals surface area (Å²) in [4.78, 5) is 13.6. The first-order valence-electron chi connectivity index (χ1n) is 9.32. The molecule has 2 atom stereocenters. The number of carbonyl (C=O) groups excluding carboxylic acids is 1. The summed E-state index contributed by atoms with van der Waals surface area (Å²) in [6.45, 7) is 5.38. The molecule has 0 amide bonds. The molecule has 1 N–H and O–H groups in total. The van der Waals surface area contributed by atoms with E-state index in [1.54, 1.807) is 6.07 Å². The van der Waals surface area contributed by atoms with Crippen LogP contribution in [0.4, 0.5) is 15.9 Å². The number of fused-ring (bicyclic) bond motifs is 1. The third-order valence-corrected chi connectivity index (χ3v) is 4.87. The Bertz CT molecular complexity index is 979. The van der Waals surface area contributed by atoms with Gasteiger partial charge in [0.05, 0.1) is 23.3 Å². The highest BCUT2D eigenvalue weighted by atomic mass is 19.1. The molecular weight excluding hydrogens is 361 g/mol. The number of anilines is 2. The first kappa shape index (κ1) is 18.4. The number of rotatable bonds is 5. The van der Waals surface area contributed by atoms with E-state index < -0.39 is 5.82 Å². The maximum atomic E-state index is 15.3. The Morgan fingerprint density at radius 1 is 1.25 bits per heavy atom. The molecule has 6 nitrogen and oxygen atoms in total. The van der Waals surface area contributed by atoms with E-state index in [9.17, 15) is 4.79 Å². The Balaban J connectivity index is 1.69. The normalized spacial score (nSPS) is 19.8. The van der Waals surface area contributed by atoms with Crippen LogP contribution in [0.3, 0.4) is 0 Å². The third kappa shape index (κ3) is 3.45. The maximum Gasteiger partial charge on any atom is 0.206 e. The van der Waals surface area contributed by atoms with Gasteiger partial charge < -0.3 is 19.5 Å². The number of hydrogen-bond acceptors (Lipinski definition) is 6. The molecule has 0 radical (unpaired) electrons. The van der Waals surface area contributed by atoms with Crippen molar-refractivity contribution < 1.29 is 18.4 Å². The highest BCUT2D eigenvalue weighted by molar-refractivity contribution is 5.98. The zero-order valence-corrected chi connectivity index (χ0v) is 15.8. The maximum absolute atomic E-state index is 15.3. The first-order valence-corrected chi connectivity index (χ1v) is 9.32. The molecule has 146 valence electrons. The summed E-state index contributed by atoms with van der Waals surface area (Å²) in [5, 5.41) is 7.58. The van der Waals surface area contributed by atoms with E-state index in [0.717, 1.165) is 5.56 Å². The van der Waals surface area contributed by atoms with Gasteiger partial charge in [0, 0.05) is 25.2 Å². The van der Waals surface area contributed by atoms with Gasteiger partial charge in [-0.1, -0.05) is 35.5 Å². The number of benzene rings is 2. The van der Waals surface area contributed by atoms with E-state index in [2.05, 4.69) is 10.5 Å². The number of ether oxygens (including phenoxy) is 1. The molecule has 1 saturated heterocycles. The molecule has 0 saturated carbocycles. The van der Waals surface area contributed by atoms with E-state index in [-0.39, 0.29) is 29.0 Å². The van der Waals surface area contributed by atoms with Crippen LogP contribution in [0.5, 0.6) is 0 Å². The van der Waals surface area contributed by atoms with Gasteiger partial charge in [0.25, 0.3) is 0 Å². The van der Waals surface area contributed by atoms with Crippen molar-refractivity contribution in [1.29, 1.82) is 0 Å². The molecule has 0 aliphatic carbocycles. The molecule has 28 heavy (non-hydrogen) atoms. The predicted octanol–water partition coefficient (Wildman–Crippen LogP) is 4.01. The fourth-order valence-electron chi connectivity index (χ4n) is 3.73. The minimum absolute atomic E-state index is 0.0444. The molecule has 2 aromatic carbocycles. The number of halogens is 1. The van der Waals surface area contributed by atoms with Gasteiger partial charge in [-0.3, -0.25) is 4.79 Å².